The summed E-state index contributed by atoms with van der Waals surface area (Å²) >= 11 is 0. The Morgan fingerprint density at radius 1 is 1.27 bits per heavy atom. The second-order valence-corrected chi connectivity index (χ2v) is 10.0. The molecule has 0 saturated carbocycles. The molecule has 0 spiro atoms. The van der Waals surface area contributed by atoms with Crippen molar-refractivity contribution in [1.82, 2.24) is 15.1 Å². The van der Waals surface area contributed by atoms with Gasteiger partial charge in [-0.05, 0) is 24.8 Å². The lowest BCUT2D eigenvalue weighted by atomic mass is 10.0. The summed E-state index contributed by atoms with van der Waals surface area (Å²) in [6, 6.07) is 3.72. The molecule has 0 aliphatic carbocycles. The van der Waals surface area contributed by atoms with Gasteiger partial charge in [-0.2, -0.15) is 0 Å². The Balaban J connectivity index is 0.00000320. The van der Waals surface area contributed by atoms with Crippen LogP contribution in [0.25, 0.3) is 0 Å². The summed E-state index contributed by atoms with van der Waals surface area (Å²) in [7, 11) is -1.16. The molecule has 2 fully saturated rings. The van der Waals surface area contributed by atoms with Gasteiger partial charge in [-0.25, -0.2) is 17.2 Å². The van der Waals surface area contributed by atoms with Gasteiger partial charge < -0.3 is 10.2 Å². The summed E-state index contributed by atoms with van der Waals surface area (Å²) in [5, 5.41) is 3.32. The number of sulfone groups is 1. The number of rotatable bonds is 5. The zero-order valence-corrected chi connectivity index (χ0v) is 20.6. The average Bonchev–Trinajstić information content (AvgIpc) is 3.04. The molecule has 2 aliphatic rings. The molecule has 0 aromatic heterocycles. The molecule has 2 saturated heterocycles. The van der Waals surface area contributed by atoms with E-state index in [9.17, 15) is 17.2 Å². The zero-order valence-electron chi connectivity index (χ0n) is 17.5. The Bertz CT molecular complexity index is 845. The normalized spacial score (nSPS) is 23.1. The van der Waals surface area contributed by atoms with Gasteiger partial charge in [0.2, 0.25) is 0 Å². The van der Waals surface area contributed by atoms with E-state index >= 15 is 0 Å². The predicted molar refractivity (Wildman–Crippen MR) is 126 cm³/mol. The summed E-state index contributed by atoms with van der Waals surface area (Å²) in [4.78, 5) is 8.72. The summed E-state index contributed by atoms with van der Waals surface area (Å²) in [5.41, 5.74) is 0.535. The van der Waals surface area contributed by atoms with Crippen LogP contribution < -0.4 is 5.32 Å². The summed E-state index contributed by atoms with van der Waals surface area (Å²) in [6.45, 7) is 5.58. The van der Waals surface area contributed by atoms with Crippen molar-refractivity contribution >= 4 is 39.8 Å². The van der Waals surface area contributed by atoms with Crippen molar-refractivity contribution in [2.45, 2.75) is 25.8 Å². The lowest BCUT2D eigenvalue weighted by molar-refractivity contribution is 0.124. The molecule has 6 nitrogen and oxygen atoms in total. The van der Waals surface area contributed by atoms with Crippen molar-refractivity contribution < 1.29 is 17.2 Å². The van der Waals surface area contributed by atoms with Crippen molar-refractivity contribution in [3.8, 4) is 0 Å². The van der Waals surface area contributed by atoms with Gasteiger partial charge in [0.15, 0.2) is 15.8 Å². The van der Waals surface area contributed by atoms with Gasteiger partial charge in [-0.15, -0.1) is 24.0 Å². The maximum Gasteiger partial charge on any atom is 0.193 e. The standard InChI is InChI=1S/C20H30F2N4O2S.HI/c1-3-19(17-5-4-16(21)12-18(17)22)25-7-9-26(10-8-25)20(23-2)24-13-15-6-11-29(27,28)14-15;/h4-5,12,15,19H,3,6-11,13-14H2,1-2H3,(H,23,24);1H. The molecule has 3 rings (SSSR count). The fraction of sp³-hybridized carbons (Fsp3) is 0.650. The fourth-order valence-electron chi connectivity index (χ4n) is 4.29. The second-order valence-electron chi connectivity index (χ2n) is 7.81. The van der Waals surface area contributed by atoms with E-state index in [2.05, 4.69) is 20.1 Å². The van der Waals surface area contributed by atoms with E-state index in [1.807, 2.05) is 6.92 Å². The van der Waals surface area contributed by atoms with Gasteiger partial charge in [0.05, 0.1) is 11.5 Å². The number of hydrogen-bond acceptors (Lipinski definition) is 4. The fourth-order valence-corrected chi connectivity index (χ4v) is 6.15. The molecule has 1 N–H and O–H groups in total. The Labute approximate surface area is 195 Å². The van der Waals surface area contributed by atoms with E-state index in [0.717, 1.165) is 44.6 Å². The Hall–Kier alpha value is -1.01. The molecule has 0 radical (unpaired) electrons. The first-order chi connectivity index (χ1) is 13.8. The van der Waals surface area contributed by atoms with Gasteiger partial charge in [0.1, 0.15) is 11.6 Å². The van der Waals surface area contributed by atoms with Crippen LogP contribution in [-0.4, -0.2) is 75.5 Å². The number of piperazine rings is 1. The third-order valence-corrected chi connectivity index (χ3v) is 7.69. The first-order valence-electron chi connectivity index (χ1n) is 10.2. The van der Waals surface area contributed by atoms with Crippen molar-refractivity contribution in [3.05, 3.63) is 35.4 Å². The molecular weight excluding hydrogens is 525 g/mol. The molecule has 10 heteroatoms. The van der Waals surface area contributed by atoms with Crippen molar-refractivity contribution in [1.29, 1.82) is 0 Å². The van der Waals surface area contributed by atoms with Crippen molar-refractivity contribution in [2.75, 3.05) is 51.3 Å². The van der Waals surface area contributed by atoms with Crippen LogP contribution >= 0.6 is 24.0 Å². The number of halogens is 3. The first kappa shape index (κ1) is 25.3. The third-order valence-electron chi connectivity index (χ3n) is 5.85. The van der Waals surface area contributed by atoms with Gasteiger partial charge in [0.25, 0.3) is 0 Å². The third kappa shape index (κ3) is 6.25. The Morgan fingerprint density at radius 2 is 1.97 bits per heavy atom. The van der Waals surface area contributed by atoms with Crippen LogP contribution in [-0.2, 0) is 9.84 Å². The number of hydrogen-bond donors (Lipinski definition) is 1. The number of aliphatic imine (C=N–C) groups is 1. The largest absolute Gasteiger partial charge is 0.356 e. The number of benzene rings is 1. The Morgan fingerprint density at radius 3 is 2.50 bits per heavy atom. The topological polar surface area (TPSA) is 65.0 Å². The van der Waals surface area contributed by atoms with Crippen LogP contribution in [0.2, 0.25) is 0 Å². The lowest BCUT2D eigenvalue weighted by Gasteiger charge is -2.40. The highest BCUT2D eigenvalue weighted by Gasteiger charge is 2.30. The van der Waals surface area contributed by atoms with Crippen LogP contribution in [0.4, 0.5) is 8.78 Å². The molecule has 0 amide bonds. The highest BCUT2D eigenvalue weighted by Crippen LogP contribution is 2.28. The minimum absolute atomic E-state index is 0. The molecule has 1 aromatic carbocycles. The van der Waals surface area contributed by atoms with Crippen LogP contribution in [0.1, 0.15) is 31.4 Å². The number of guanidine groups is 1. The molecule has 30 heavy (non-hydrogen) atoms. The quantitative estimate of drug-likeness (QED) is 0.344. The van der Waals surface area contributed by atoms with Crippen LogP contribution in [0.15, 0.2) is 23.2 Å². The van der Waals surface area contributed by atoms with Crippen LogP contribution in [0.3, 0.4) is 0 Å². The van der Waals surface area contributed by atoms with Gasteiger partial charge in [0, 0.05) is 57.4 Å². The lowest BCUT2D eigenvalue weighted by Crippen LogP contribution is -2.53. The zero-order chi connectivity index (χ0) is 21.0. The minimum atomic E-state index is -2.88. The summed E-state index contributed by atoms with van der Waals surface area (Å²) < 4.78 is 50.8. The molecule has 2 heterocycles. The molecule has 2 unspecified atom stereocenters. The maximum absolute atomic E-state index is 14.3. The number of nitrogens with one attached hydrogen (secondary N) is 1. The van der Waals surface area contributed by atoms with Gasteiger partial charge in [-0.3, -0.25) is 9.89 Å². The van der Waals surface area contributed by atoms with E-state index in [4.69, 9.17) is 0 Å². The molecule has 2 aliphatic heterocycles. The predicted octanol–water partition coefficient (Wildman–Crippen LogP) is 2.66. The Kier molecular flexibility index (Phi) is 9.29. The first-order valence-corrected chi connectivity index (χ1v) is 12.0. The molecular formula is C20H31F2IN4O2S. The highest BCUT2D eigenvalue weighted by molar-refractivity contribution is 14.0. The van der Waals surface area contributed by atoms with E-state index in [0.29, 0.717) is 18.5 Å². The van der Waals surface area contributed by atoms with Crippen molar-refractivity contribution in [2.24, 2.45) is 10.9 Å². The average molecular weight is 556 g/mol. The molecule has 0 bridgehead atoms. The summed E-state index contributed by atoms with van der Waals surface area (Å²) in [6.07, 6.45) is 1.44. The maximum atomic E-state index is 14.3. The molecule has 1 aromatic rings. The number of nitrogens with zero attached hydrogens (tertiary/aromatic N) is 3. The smallest absolute Gasteiger partial charge is 0.193 e. The van der Waals surface area contributed by atoms with E-state index < -0.39 is 21.5 Å². The van der Waals surface area contributed by atoms with E-state index in [-0.39, 0.29) is 47.4 Å². The summed E-state index contributed by atoms with van der Waals surface area (Å²) in [5.74, 6) is 0.360. The van der Waals surface area contributed by atoms with Gasteiger partial charge >= 0.3 is 0 Å². The van der Waals surface area contributed by atoms with Crippen LogP contribution in [0.5, 0.6) is 0 Å². The SMILES string of the molecule is CCC(c1ccc(F)cc1F)N1CCN(C(=NC)NCC2CCS(=O)(=O)C2)CC1.I. The van der Waals surface area contributed by atoms with E-state index in [1.165, 1.54) is 6.07 Å². The monoisotopic (exact) mass is 556 g/mol. The minimum Gasteiger partial charge on any atom is -0.356 e. The molecule has 170 valence electrons. The second kappa shape index (κ2) is 11.0. The van der Waals surface area contributed by atoms with Crippen molar-refractivity contribution in [3.63, 3.8) is 0 Å². The van der Waals surface area contributed by atoms with E-state index in [1.54, 1.807) is 13.1 Å². The molecule has 2 atom stereocenters. The highest BCUT2D eigenvalue weighted by atomic mass is 127. The van der Waals surface area contributed by atoms with Gasteiger partial charge in [-0.1, -0.05) is 13.0 Å². The van der Waals surface area contributed by atoms with Crippen LogP contribution in [0, 0.1) is 17.6 Å².